The van der Waals surface area contributed by atoms with Gasteiger partial charge in [-0.1, -0.05) is 30.3 Å². The highest BCUT2D eigenvalue weighted by atomic mass is 16.6. The first kappa shape index (κ1) is 13.6. The number of benzene rings is 1. The van der Waals surface area contributed by atoms with Gasteiger partial charge in [-0.15, -0.1) is 0 Å². The molecule has 2 amide bonds. The van der Waals surface area contributed by atoms with Crippen molar-refractivity contribution in [3.63, 3.8) is 0 Å². The second-order valence-corrected chi connectivity index (χ2v) is 6.03. The number of rotatable bonds is 3. The molecule has 3 heterocycles. The highest BCUT2D eigenvalue weighted by Crippen LogP contribution is 2.35. The minimum atomic E-state index is -0.386. The van der Waals surface area contributed by atoms with Crippen LogP contribution >= 0.6 is 0 Å². The van der Waals surface area contributed by atoms with E-state index in [0.29, 0.717) is 19.8 Å². The van der Waals surface area contributed by atoms with Crippen molar-refractivity contribution in [3.05, 3.63) is 35.9 Å². The molecule has 3 aliphatic heterocycles. The summed E-state index contributed by atoms with van der Waals surface area (Å²) in [6.07, 6.45) is 0.367. The monoisotopic (exact) mass is 302 g/mol. The van der Waals surface area contributed by atoms with Gasteiger partial charge in [0, 0.05) is 6.54 Å². The number of hydrogen-bond donors (Lipinski definition) is 0. The fraction of sp³-hybridized carbons (Fsp3) is 0.500. The molecule has 0 saturated carbocycles. The third kappa shape index (κ3) is 2.14. The zero-order valence-corrected chi connectivity index (χ0v) is 12.2. The van der Waals surface area contributed by atoms with Gasteiger partial charge in [-0.05, 0) is 12.0 Å². The Morgan fingerprint density at radius 3 is 2.64 bits per heavy atom. The Labute approximate surface area is 128 Å². The van der Waals surface area contributed by atoms with Gasteiger partial charge >= 0.3 is 6.09 Å². The van der Waals surface area contributed by atoms with Crippen LogP contribution < -0.4 is 0 Å². The second-order valence-electron chi connectivity index (χ2n) is 6.03. The molecule has 3 aliphatic rings. The van der Waals surface area contributed by atoms with E-state index >= 15 is 0 Å². The molecule has 2 bridgehead atoms. The SMILES string of the molecule is O=C1[C@H]2C[C@@H](CN1C1COC1)N2C(=O)OCc1ccccc1. The zero-order valence-electron chi connectivity index (χ0n) is 12.2. The summed E-state index contributed by atoms with van der Waals surface area (Å²) in [7, 11) is 0. The van der Waals surface area contributed by atoms with E-state index in [1.165, 1.54) is 0 Å². The smallest absolute Gasteiger partial charge is 0.411 e. The molecule has 22 heavy (non-hydrogen) atoms. The van der Waals surface area contributed by atoms with Crippen molar-refractivity contribution in [1.29, 1.82) is 0 Å². The lowest BCUT2D eigenvalue weighted by Gasteiger charge is -2.56. The van der Waals surface area contributed by atoms with Crippen LogP contribution in [0, 0.1) is 0 Å². The molecule has 0 radical (unpaired) electrons. The standard InChI is InChI=1S/C16H18N2O4/c19-15-14-6-12(7-17(15)13-9-21-10-13)18(14)16(20)22-8-11-4-2-1-3-5-11/h1-5,12-14H,6-10H2/t12-,14+/m0/s1. The molecule has 2 atom stereocenters. The van der Waals surface area contributed by atoms with Gasteiger partial charge in [-0.25, -0.2) is 4.79 Å². The first-order valence-electron chi connectivity index (χ1n) is 7.61. The molecular formula is C16H18N2O4. The molecule has 1 aromatic carbocycles. The summed E-state index contributed by atoms with van der Waals surface area (Å²) in [4.78, 5) is 28.1. The summed E-state index contributed by atoms with van der Waals surface area (Å²) in [5, 5.41) is 0. The average Bonchev–Trinajstić information content (AvgIpc) is 2.45. The predicted molar refractivity (Wildman–Crippen MR) is 77.0 cm³/mol. The quantitative estimate of drug-likeness (QED) is 0.836. The van der Waals surface area contributed by atoms with Gasteiger partial charge in [0.05, 0.1) is 25.3 Å². The van der Waals surface area contributed by atoms with E-state index in [1.807, 2.05) is 35.2 Å². The fourth-order valence-electron chi connectivity index (χ4n) is 3.29. The Morgan fingerprint density at radius 1 is 1.23 bits per heavy atom. The molecule has 6 heteroatoms. The molecule has 0 aromatic heterocycles. The fourth-order valence-corrected chi connectivity index (χ4v) is 3.29. The predicted octanol–water partition coefficient (Wildman–Crippen LogP) is 1.01. The van der Waals surface area contributed by atoms with Crippen molar-refractivity contribution in [1.82, 2.24) is 9.80 Å². The maximum absolute atomic E-state index is 12.4. The molecule has 3 saturated heterocycles. The topological polar surface area (TPSA) is 59.1 Å². The number of nitrogens with zero attached hydrogens (tertiary/aromatic N) is 2. The normalized spacial score (nSPS) is 27.2. The highest BCUT2D eigenvalue weighted by molar-refractivity contribution is 5.90. The summed E-state index contributed by atoms with van der Waals surface area (Å²) in [5.74, 6) is 0.0347. The van der Waals surface area contributed by atoms with Crippen LogP contribution in [0.1, 0.15) is 12.0 Å². The third-order valence-corrected chi connectivity index (χ3v) is 4.68. The van der Waals surface area contributed by atoms with Gasteiger partial charge in [0.25, 0.3) is 0 Å². The number of likely N-dealkylation sites (tertiary alicyclic amines) is 2. The van der Waals surface area contributed by atoms with Gasteiger partial charge < -0.3 is 14.4 Å². The lowest BCUT2D eigenvalue weighted by atomic mass is 9.86. The average molecular weight is 302 g/mol. The number of carbonyl (C=O) groups is 2. The molecule has 0 unspecified atom stereocenters. The van der Waals surface area contributed by atoms with Gasteiger partial charge in [-0.3, -0.25) is 9.69 Å². The van der Waals surface area contributed by atoms with Gasteiger partial charge in [0.15, 0.2) is 0 Å². The van der Waals surface area contributed by atoms with Crippen LogP contribution in [-0.2, 0) is 20.9 Å². The van der Waals surface area contributed by atoms with Crippen LogP contribution in [0.3, 0.4) is 0 Å². The number of carbonyl (C=O) groups excluding carboxylic acids is 2. The molecular weight excluding hydrogens is 284 g/mol. The first-order valence-corrected chi connectivity index (χ1v) is 7.61. The van der Waals surface area contributed by atoms with Crippen LogP contribution in [0.5, 0.6) is 0 Å². The van der Waals surface area contributed by atoms with Crippen LogP contribution in [0.25, 0.3) is 0 Å². The van der Waals surface area contributed by atoms with Crippen molar-refractivity contribution in [3.8, 4) is 0 Å². The maximum atomic E-state index is 12.4. The summed E-state index contributed by atoms with van der Waals surface area (Å²) in [5.41, 5.74) is 0.945. The van der Waals surface area contributed by atoms with Gasteiger partial charge in [-0.2, -0.15) is 0 Å². The van der Waals surface area contributed by atoms with E-state index in [0.717, 1.165) is 12.0 Å². The van der Waals surface area contributed by atoms with E-state index in [1.54, 1.807) is 4.90 Å². The number of piperidine rings is 1. The third-order valence-electron chi connectivity index (χ3n) is 4.68. The highest BCUT2D eigenvalue weighted by Gasteiger charge is 2.55. The van der Waals surface area contributed by atoms with Crippen molar-refractivity contribution >= 4 is 12.0 Å². The van der Waals surface area contributed by atoms with Crippen LogP contribution in [0.2, 0.25) is 0 Å². The Hall–Kier alpha value is -2.08. The Morgan fingerprint density at radius 2 is 2.00 bits per heavy atom. The number of piperazine rings is 1. The Bertz CT molecular complexity index is 587. The minimum absolute atomic E-state index is 0.0347. The van der Waals surface area contributed by atoms with Crippen molar-refractivity contribution in [2.45, 2.75) is 31.2 Å². The van der Waals surface area contributed by atoms with E-state index in [2.05, 4.69) is 0 Å². The van der Waals surface area contributed by atoms with Crippen molar-refractivity contribution in [2.24, 2.45) is 0 Å². The zero-order chi connectivity index (χ0) is 15.1. The Balaban J connectivity index is 1.36. The molecule has 0 spiro atoms. The molecule has 3 fully saturated rings. The lowest BCUT2D eigenvalue weighted by molar-refractivity contribution is -0.173. The molecule has 0 aliphatic carbocycles. The minimum Gasteiger partial charge on any atom is -0.445 e. The molecule has 6 nitrogen and oxygen atoms in total. The summed E-state index contributed by atoms with van der Waals surface area (Å²) in [6, 6.07) is 9.49. The largest absolute Gasteiger partial charge is 0.445 e. The molecule has 4 rings (SSSR count). The van der Waals surface area contributed by atoms with E-state index in [4.69, 9.17) is 9.47 Å². The number of fused-ring (bicyclic) bond motifs is 2. The number of amides is 2. The van der Waals surface area contributed by atoms with Crippen LogP contribution in [0.4, 0.5) is 4.79 Å². The molecule has 0 N–H and O–H groups in total. The lowest BCUT2D eigenvalue weighted by Crippen LogP contribution is -2.75. The molecule has 1 aromatic rings. The molecule has 116 valence electrons. The summed E-state index contributed by atoms with van der Waals surface area (Å²) >= 11 is 0. The second kappa shape index (κ2) is 5.28. The van der Waals surface area contributed by atoms with Crippen molar-refractivity contribution < 1.29 is 19.1 Å². The van der Waals surface area contributed by atoms with Gasteiger partial charge in [0.2, 0.25) is 5.91 Å². The first-order chi connectivity index (χ1) is 10.7. The van der Waals surface area contributed by atoms with Crippen LogP contribution in [-0.4, -0.2) is 59.7 Å². The number of hydrogen-bond acceptors (Lipinski definition) is 4. The van der Waals surface area contributed by atoms with E-state index < -0.39 is 0 Å². The summed E-state index contributed by atoms with van der Waals surface area (Å²) < 4.78 is 10.5. The van der Waals surface area contributed by atoms with Crippen molar-refractivity contribution in [2.75, 3.05) is 19.8 Å². The maximum Gasteiger partial charge on any atom is 0.411 e. The Kier molecular flexibility index (Phi) is 3.26. The van der Waals surface area contributed by atoms with Gasteiger partial charge in [0.1, 0.15) is 12.6 Å². The van der Waals surface area contributed by atoms with E-state index in [9.17, 15) is 9.59 Å². The van der Waals surface area contributed by atoms with E-state index in [-0.39, 0.29) is 36.7 Å². The summed E-state index contributed by atoms with van der Waals surface area (Å²) in [6.45, 7) is 2.07. The number of ether oxygens (including phenoxy) is 2. The van der Waals surface area contributed by atoms with Crippen LogP contribution in [0.15, 0.2) is 30.3 Å².